The van der Waals surface area contributed by atoms with Crippen molar-refractivity contribution in [3.8, 4) is 23.8 Å². The molecule has 0 saturated carbocycles. The van der Waals surface area contributed by atoms with Crippen LogP contribution in [0.15, 0.2) is 30.3 Å². The number of hydrogen-bond acceptors (Lipinski definition) is 3. The Balaban J connectivity index is 2.19. The SMILES string of the molecule is C#CCOc1c(Cl)cc(CNc2cccc(C)c2C)cc1OC. The quantitative estimate of drug-likeness (QED) is 0.786. The fourth-order valence-electron chi connectivity index (χ4n) is 2.27. The first kappa shape index (κ1) is 17.1. The summed E-state index contributed by atoms with van der Waals surface area (Å²) in [5.74, 6) is 3.47. The van der Waals surface area contributed by atoms with Gasteiger partial charge in [-0.2, -0.15) is 0 Å². The minimum absolute atomic E-state index is 0.149. The number of anilines is 1. The summed E-state index contributed by atoms with van der Waals surface area (Å²) < 4.78 is 10.8. The molecule has 0 atom stereocenters. The van der Waals surface area contributed by atoms with E-state index in [4.69, 9.17) is 27.5 Å². The normalized spacial score (nSPS) is 10.0. The number of methoxy groups -OCH3 is 1. The first-order valence-corrected chi connectivity index (χ1v) is 7.67. The Labute approximate surface area is 142 Å². The molecule has 0 radical (unpaired) electrons. The van der Waals surface area contributed by atoms with Crippen molar-refractivity contribution in [1.82, 2.24) is 0 Å². The Kier molecular flexibility index (Phi) is 5.78. The Morgan fingerprint density at radius 2 is 2.04 bits per heavy atom. The first-order chi connectivity index (χ1) is 11.1. The van der Waals surface area contributed by atoms with Crippen LogP contribution in [0.5, 0.6) is 11.5 Å². The van der Waals surface area contributed by atoms with Crippen LogP contribution in [0.3, 0.4) is 0 Å². The summed E-state index contributed by atoms with van der Waals surface area (Å²) >= 11 is 6.29. The second-order valence-electron chi connectivity index (χ2n) is 5.20. The van der Waals surface area contributed by atoms with Crippen LogP contribution in [0, 0.1) is 26.2 Å². The van der Waals surface area contributed by atoms with Crippen molar-refractivity contribution in [2.45, 2.75) is 20.4 Å². The molecule has 0 bridgehead atoms. The lowest BCUT2D eigenvalue weighted by molar-refractivity contribution is 0.331. The van der Waals surface area contributed by atoms with E-state index in [1.807, 2.05) is 18.2 Å². The highest BCUT2D eigenvalue weighted by molar-refractivity contribution is 6.32. The van der Waals surface area contributed by atoms with Crippen LogP contribution in [-0.4, -0.2) is 13.7 Å². The molecule has 3 nitrogen and oxygen atoms in total. The van der Waals surface area contributed by atoms with Crippen molar-refractivity contribution in [1.29, 1.82) is 0 Å². The minimum Gasteiger partial charge on any atom is -0.493 e. The van der Waals surface area contributed by atoms with E-state index in [9.17, 15) is 0 Å². The molecule has 2 aromatic rings. The van der Waals surface area contributed by atoms with Crippen LogP contribution in [0.1, 0.15) is 16.7 Å². The highest BCUT2D eigenvalue weighted by Crippen LogP contribution is 2.36. The van der Waals surface area contributed by atoms with Crippen molar-refractivity contribution in [2.24, 2.45) is 0 Å². The van der Waals surface area contributed by atoms with Gasteiger partial charge in [-0.1, -0.05) is 29.7 Å². The van der Waals surface area contributed by atoms with Gasteiger partial charge < -0.3 is 14.8 Å². The summed E-state index contributed by atoms with van der Waals surface area (Å²) in [5, 5.41) is 3.91. The van der Waals surface area contributed by atoms with Gasteiger partial charge in [0.2, 0.25) is 0 Å². The second-order valence-corrected chi connectivity index (χ2v) is 5.61. The van der Waals surface area contributed by atoms with E-state index in [1.54, 1.807) is 7.11 Å². The van der Waals surface area contributed by atoms with Gasteiger partial charge in [-0.3, -0.25) is 0 Å². The van der Waals surface area contributed by atoms with E-state index >= 15 is 0 Å². The molecule has 23 heavy (non-hydrogen) atoms. The molecule has 0 unspecified atom stereocenters. The molecule has 0 fully saturated rings. The molecule has 120 valence electrons. The largest absolute Gasteiger partial charge is 0.493 e. The standard InChI is InChI=1S/C19H20ClNO2/c1-5-9-23-19-16(20)10-15(11-18(19)22-4)12-21-17-8-6-7-13(2)14(17)3/h1,6-8,10-11,21H,9,12H2,2-4H3. The maximum atomic E-state index is 6.29. The number of ether oxygens (including phenoxy) is 2. The van der Waals surface area contributed by atoms with Gasteiger partial charge >= 0.3 is 0 Å². The maximum absolute atomic E-state index is 6.29. The summed E-state index contributed by atoms with van der Waals surface area (Å²) in [6.45, 7) is 4.98. The molecule has 0 aliphatic rings. The maximum Gasteiger partial charge on any atom is 0.181 e. The van der Waals surface area contributed by atoms with Gasteiger partial charge in [0.05, 0.1) is 12.1 Å². The molecule has 2 aromatic carbocycles. The first-order valence-electron chi connectivity index (χ1n) is 7.29. The Bertz CT molecular complexity index is 735. The number of aryl methyl sites for hydroxylation is 1. The van der Waals surface area contributed by atoms with Crippen molar-refractivity contribution in [3.63, 3.8) is 0 Å². The van der Waals surface area contributed by atoms with E-state index in [0.717, 1.165) is 11.3 Å². The predicted molar refractivity (Wildman–Crippen MR) is 95.6 cm³/mol. The minimum atomic E-state index is 0.149. The zero-order chi connectivity index (χ0) is 16.8. The van der Waals surface area contributed by atoms with Crippen molar-refractivity contribution in [2.75, 3.05) is 19.0 Å². The molecular formula is C19H20ClNO2. The van der Waals surface area contributed by atoms with Gasteiger partial charge in [-0.25, -0.2) is 0 Å². The second kappa shape index (κ2) is 7.80. The van der Waals surface area contributed by atoms with Gasteiger partial charge in [0.1, 0.15) is 6.61 Å². The zero-order valence-corrected chi connectivity index (χ0v) is 14.3. The lowest BCUT2D eigenvalue weighted by Crippen LogP contribution is -2.04. The van der Waals surface area contributed by atoms with Crippen LogP contribution in [-0.2, 0) is 6.54 Å². The van der Waals surface area contributed by atoms with Gasteiger partial charge in [-0.05, 0) is 48.7 Å². The molecule has 0 amide bonds. The molecule has 0 saturated heterocycles. The van der Waals surface area contributed by atoms with Crippen LogP contribution in [0.4, 0.5) is 5.69 Å². The molecular weight excluding hydrogens is 310 g/mol. The predicted octanol–water partition coefficient (Wildman–Crippen LogP) is 4.59. The van der Waals surface area contributed by atoms with Crippen LogP contribution in [0.25, 0.3) is 0 Å². The number of hydrogen-bond donors (Lipinski definition) is 1. The summed E-state index contributed by atoms with van der Waals surface area (Å²) in [6, 6.07) is 9.95. The lowest BCUT2D eigenvalue weighted by atomic mass is 10.1. The van der Waals surface area contributed by atoms with Crippen molar-refractivity contribution < 1.29 is 9.47 Å². The zero-order valence-electron chi connectivity index (χ0n) is 13.6. The van der Waals surface area contributed by atoms with Crippen LogP contribution >= 0.6 is 11.6 Å². The van der Waals surface area contributed by atoms with E-state index in [0.29, 0.717) is 23.1 Å². The lowest BCUT2D eigenvalue weighted by Gasteiger charge is -2.15. The molecule has 0 aliphatic heterocycles. The van der Waals surface area contributed by atoms with Crippen LogP contribution < -0.4 is 14.8 Å². The summed E-state index contributed by atoms with van der Waals surface area (Å²) in [6.07, 6.45) is 5.22. The van der Waals surface area contributed by atoms with Crippen molar-refractivity contribution >= 4 is 17.3 Å². The van der Waals surface area contributed by atoms with Gasteiger partial charge in [0, 0.05) is 12.2 Å². The summed E-state index contributed by atoms with van der Waals surface area (Å²) in [4.78, 5) is 0. The topological polar surface area (TPSA) is 30.5 Å². The van der Waals surface area contributed by atoms with Gasteiger partial charge in [0.25, 0.3) is 0 Å². The molecule has 4 heteroatoms. The highest BCUT2D eigenvalue weighted by atomic mass is 35.5. The molecule has 0 heterocycles. The average molecular weight is 330 g/mol. The molecule has 0 aliphatic carbocycles. The monoisotopic (exact) mass is 329 g/mol. The third kappa shape index (κ3) is 4.12. The number of nitrogens with one attached hydrogen (secondary N) is 1. The third-order valence-electron chi connectivity index (χ3n) is 3.68. The van der Waals surface area contributed by atoms with E-state index in [-0.39, 0.29) is 6.61 Å². The average Bonchev–Trinajstić information content (AvgIpc) is 2.54. The highest BCUT2D eigenvalue weighted by Gasteiger charge is 2.12. The van der Waals surface area contributed by atoms with E-state index in [2.05, 4.69) is 37.2 Å². The van der Waals surface area contributed by atoms with Crippen LogP contribution in [0.2, 0.25) is 5.02 Å². The summed E-state index contributed by atoms with van der Waals surface area (Å²) in [7, 11) is 1.58. The third-order valence-corrected chi connectivity index (χ3v) is 3.96. The van der Waals surface area contributed by atoms with E-state index < -0.39 is 0 Å². The van der Waals surface area contributed by atoms with Crippen molar-refractivity contribution in [3.05, 3.63) is 52.0 Å². The fourth-order valence-corrected chi connectivity index (χ4v) is 2.56. The molecule has 0 aromatic heterocycles. The Hall–Kier alpha value is -2.31. The molecule has 0 spiro atoms. The number of rotatable bonds is 6. The summed E-state index contributed by atoms with van der Waals surface area (Å²) in [5.41, 5.74) is 4.59. The number of terminal acetylenes is 1. The fraction of sp³-hybridized carbons (Fsp3) is 0.263. The Morgan fingerprint density at radius 3 is 2.74 bits per heavy atom. The van der Waals surface area contributed by atoms with Gasteiger partial charge in [0.15, 0.2) is 11.5 Å². The number of benzene rings is 2. The smallest absolute Gasteiger partial charge is 0.181 e. The van der Waals surface area contributed by atoms with E-state index in [1.165, 1.54) is 11.1 Å². The Morgan fingerprint density at radius 1 is 1.26 bits per heavy atom. The molecule has 1 N–H and O–H groups in total. The number of halogens is 1. The molecule has 2 rings (SSSR count). The van der Waals surface area contributed by atoms with Gasteiger partial charge in [-0.15, -0.1) is 6.42 Å².